The van der Waals surface area contributed by atoms with Crippen LogP contribution in [0.2, 0.25) is 0 Å². The number of nitrogens with zero attached hydrogens (tertiary/aromatic N) is 2. The van der Waals surface area contributed by atoms with Crippen LogP contribution in [0, 0.1) is 11.7 Å². The minimum Gasteiger partial charge on any atom is -0.355 e. The minimum atomic E-state index is -0.307. The van der Waals surface area contributed by atoms with Gasteiger partial charge >= 0.3 is 0 Å². The van der Waals surface area contributed by atoms with Gasteiger partial charge in [-0.25, -0.2) is 4.39 Å². The molecule has 0 bridgehead atoms. The third kappa shape index (κ3) is 4.45. The lowest BCUT2D eigenvalue weighted by atomic mass is 10.1. The highest BCUT2D eigenvalue weighted by Gasteiger charge is 2.26. The molecule has 1 aliphatic rings. The maximum absolute atomic E-state index is 13.1. The zero-order valence-corrected chi connectivity index (χ0v) is 15.6. The molecule has 0 radical (unpaired) electrons. The highest BCUT2D eigenvalue weighted by atomic mass is 19.1. The number of carbonyl (C=O) groups excluding carboxylic acids is 2. The van der Waals surface area contributed by atoms with Gasteiger partial charge in [0.25, 0.3) is 5.91 Å². The molecule has 0 aromatic heterocycles. The second-order valence-electron chi connectivity index (χ2n) is 6.95. The lowest BCUT2D eigenvalue weighted by Crippen LogP contribution is -2.51. The predicted octanol–water partition coefficient (Wildman–Crippen LogP) is 3.51. The van der Waals surface area contributed by atoms with E-state index in [9.17, 15) is 14.0 Å². The van der Waals surface area contributed by atoms with E-state index >= 15 is 0 Å². The fourth-order valence-corrected chi connectivity index (χ4v) is 3.13. The molecule has 0 spiro atoms. The van der Waals surface area contributed by atoms with Crippen LogP contribution < -0.4 is 5.32 Å². The summed E-state index contributed by atoms with van der Waals surface area (Å²) in [5, 5.41) is 3.18. The Balaban J connectivity index is 1.71. The highest BCUT2D eigenvalue weighted by molar-refractivity contribution is 6.00. The summed E-state index contributed by atoms with van der Waals surface area (Å²) in [5.74, 6) is -0.288. The summed E-state index contributed by atoms with van der Waals surface area (Å²) in [6.45, 7) is 5.91. The van der Waals surface area contributed by atoms with E-state index in [1.54, 1.807) is 23.1 Å². The van der Waals surface area contributed by atoms with Crippen molar-refractivity contribution in [1.29, 1.82) is 0 Å². The fraction of sp³-hybridized carbons (Fsp3) is 0.333. The lowest BCUT2D eigenvalue weighted by Gasteiger charge is -2.36. The van der Waals surface area contributed by atoms with Crippen molar-refractivity contribution in [3.05, 3.63) is 59.9 Å². The summed E-state index contributed by atoms with van der Waals surface area (Å²) in [6, 6.07) is 13.3. The number of hydrogen-bond donors (Lipinski definition) is 1. The minimum absolute atomic E-state index is 0.0344. The van der Waals surface area contributed by atoms with Gasteiger partial charge < -0.3 is 15.1 Å². The first-order valence-electron chi connectivity index (χ1n) is 9.15. The molecule has 0 atom stereocenters. The van der Waals surface area contributed by atoms with Crippen molar-refractivity contribution in [3.63, 3.8) is 0 Å². The van der Waals surface area contributed by atoms with Crippen molar-refractivity contribution in [2.45, 2.75) is 13.8 Å². The lowest BCUT2D eigenvalue weighted by molar-refractivity contribution is -0.135. The summed E-state index contributed by atoms with van der Waals surface area (Å²) in [6.07, 6.45) is 0. The van der Waals surface area contributed by atoms with Crippen molar-refractivity contribution in [2.75, 3.05) is 31.5 Å². The van der Waals surface area contributed by atoms with Crippen LogP contribution in [-0.2, 0) is 4.79 Å². The number of hydrogen-bond acceptors (Lipinski definition) is 3. The highest BCUT2D eigenvalue weighted by Crippen LogP contribution is 2.23. The molecule has 0 saturated carbocycles. The molecule has 1 aliphatic heterocycles. The molecule has 3 rings (SSSR count). The molecule has 6 heteroatoms. The van der Waals surface area contributed by atoms with Gasteiger partial charge in [-0.15, -0.1) is 0 Å². The summed E-state index contributed by atoms with van der Waals surface area (Å²) in [5.41, 5.74) is 1.95. The Hall–Kier alpha value is -2.89. The van der Waals surface area contributed by atoms with Gasteiger partial charge in [-0.3, -0.25) is 9.59 Å². The molecule has 0 unspecified atom stereocenters. The summed E-state index contributed by atoms with van der Waals surface area (Å²) >= 11 is 0. The Labute approximate surface area is 158 Å². The molecule has 142 valence electrons. The number of benzene rings is 2. The quantitative estimate of drug-likeness (QED) is 0.897. The number of para-hydroxylation sites is 1. The average molecular weight is 369 g/mol. The van der Waals surface area contributed by atoms with E-state index in [4.69, 9.17) is 0 Å². The molecular weight excluding hydrogens is 345 g/mol. The second-order valence-corrected chi connectivity index (χ2v) is 6.95. The number of piperazine rings is 1. The molecule has 0 aliphatic carbocycles. The van der Waals surface area contributed by atoms with E-state index in [0.717, 1.165) is 0 Å². The summed E-state index contributed by atoms with van der Waals surface area (Å²) in [7, 11) is 0. The van der Waals surface area contributed by atoms with Crippen molar-refractivity contribution in [3.8, 4) is 0 Å². The molecule has 2 aromatic rings. The van der Waals surface area contributed by atoms with Crippen LogP contribution in [0.15, 0.2) is 48.5 Å². The number of nitrogens with one attached hydrogen (secondary N) is 1. The van der Waals surface area contributed by atoms with E-state index in [1.807, 2.05) is 36.9 Å². The first-order valence-corrected chi connectivity index (χ1v) is 9.15. The Kier molecular flexibility index (Phi) is 5.74. The largest absolute Gasteiger partial charge is 0.355 e. The number of amides is 2. The maximum Gasteiger partial charge on any atom is 0.256 e. The maximum atomic E-state index is 13.1. The van der Waals surface area contributed by atoms with Crippen LogP contribution >= 0.6 is 0 Å². The van der Waals surface area contributed by atoms with Gasteiger partial charge in [-0.05, 0) is 36.4 Å². The fourth-order valence-electron chi connectivity index (χ4n) is 3.13. The molecule has 2 amide bonds. The first kappa shape index (κ1) is 18.9. The summed E-state index contributed by atoms with van der Waals surface area (Å²) in [4.78, 5) is 28.7. The van der Waals surface area contributed by atoms with E-state index in [-0.39, 0.29) is 23.5 Å². The molecular formula is C21H24FN3O2. The third-order valence-corrected chi connectivity index (χ3v) is 4.65. The zero-order valence-electron chi connectivity index (χ0n) is 15.6. The molecule has 2 aromatic carbocycles. The number of carbonyl (C=O) groups is 2. The van der Waals surface area contributed by atoms with E-state index < -0.39 is 0 Å². The van der Waals surface area contributed by atoms with Gasteiger partial charge in [0.05, 0.1) is 11.3 Å². The van der Waals surface area contributed by atoms with Gasteiger partial charge in [-0.2, -0.15) is 0 Å². The molecule has 27 heavy (non-hydrogen) atoms. The normalized spacial score (nSPS) is 14.4. The van der Waals surface area contributed by atoms with Crippen LogP contribution in [0.1, 0.15) is 24.2 Å². The van der Waals surface area contributed by atoms with Crippen LogP contribution in [0.5, 0.6) is 0 Å². The standard InChI is InChI=1S/C21H24FN3O2/c1-15(2)20(26)24-11-13-25(14-12-24)21(27)18-5-3-4-6-19(18)23-17-9-7-16(22)8-10-17/h3-10,15,23H,11-14H2,1-2H3. The topological polar surface area (TPSA) is 52.7 Å². The first-order chi connectivity index (χ1) is 13.0. The monoisotopic (exact) mass is 369 g/mol. The van der Waals surface area contributed by atoms with Crippen molar-refractivity contribution in [1.82, 2.24) is 9.80 Å². The Morgan fingerprint density at radius 3 is 2.15 bits per heavy atom. The molecule has 1 heterocycles. The Morgan fingerprint density at radius 2 is 1.52 bits per heavy atom. The van der Waals surface area contributed by atoms with Crippen molar-refractivity contribution >= 4 is 23.2 Å². The smallest absolute Gasteiger partial charge is 0.256 e. The molecule has 1 saturated heterocycles. The SMILES string of the molecule is CC(C)C(=O)N1CCN(C(=O)c2ccccc2Nc2ccc(F)cc2)CC1. The third-order valence-electron chi connectivity index (χ3n) is 4.65. The van der Waals surface area contributed by atoms with Crippen LogP contribution in [0.3, 0.4) is 0 Å². The average Bonchev–Trinajstić information content (AvgIpc) is 2.69. The Bertz CT molecular complexity index is 812. The van der Waals surface area contributed by atoms with Crippen LogP contribution in [0.4, 0.5) is 15.8 Å². The van der Waals surface area contributed by atoms with Gasteiger partial charge in [0, 0.05) is 37.8 Å². The number of rotatable bonds is 4. The predicted molar refractivity (Wildman–Crippen MR) is 103 cm³/mol. The van der Waals surface area contributed by atoms with E-state index in [2.05, 4.69) is 5.32 Å². The molecule has 1 N–H and O–H groups in total. The van der Waals surface area contributed by atoms with Crippen LogP contribution in [-0.4, -0.2) is 47.8 Å². The molecule has 1 fully saturated rings. The summed E-state index contributed by atoms with van der Waals surface area (Å²) < 4.78 is 13.1. The Morgan fingerprint density at radius 1 is 0.926 bits per heavy atom. The molecule has 5 nitrogen and oxygen atoms in total. The van der Waals surface area contributed by atoms with E-state index in [0.29, 0.717) is 43.1 Å². The second kappa shape index (κ2) is 8.20. The number of halogens is 1. The van der Waals surface area contributed by atoms with Gasteiger partial charge in [0.15, 0.2) is 0 Å². The van der Waals surface area contributed by atoms with Crippen molar-refractivity contribution < 1.29 is 14.0 Å². The van der Waals surface area contributed by atoms with Crippen molar-refractivity contribution in [2.24, 2.45) is 5.92 Å². The van der Waals surface area contributed by atoms with Gasteiger partial charge in [0.1, 0.15) is 5.82 Å². The van der Waals surface area contributed by atoms with Gasteiger partial charge in [-0.1, -0.05) is 26.0 Å². The van der Waals surface area contributed by atoms with E-state index in [1.165, 1.54) is 12.1 Å². The van der Waals surface area contributed by atoms with Crippen LogP contribution in [0.25, 0.3) is 0 Å². The number of anilines is 2. The van der Waals surface area contributed by atoms with Gasteiger partial charge in [0.2, 0.25) is 5.91 Å². The zero-order chi connectivity index (χ0) is 19.4.